The molecule has 0 aliphatic rings. The van der Waals surface area contributed by atoms with Crippen molar-refractivity contribution >= 4 is 0 Å². The Kier molecular flexibility index (Phi) is 3.96. The Morgan fingerprint density at radius 1 is 0.895 bits per heavy atom. The predicted molar refractivity (Wildman–Crippen MR) is 79.2 cm³/mol. The summed E-state index contributed by atoms with van der Waals surface area (Å²) in [6.45, 7) is 9.13. The van der Waals surface area contributed by atoms with Gasteiger partial charge in [0.1, 0.15) is 5.82 Å². The zero-order valence-electron chi connectivity index (χ0n) is 12.3. The molecule has 0 bridgehead atoms. The molecule has 2 rings (SSSR count). The zero-order valence-corrected chi connectivity index (χ0v) is 12.3. The average molecular weight is 255 g/mol. The molecule has 2 aromatic rings. The first-order valence-electron chi connectivity index (χ1n) is 6.58. The first-order valence-corrected chi connectivity index (χ1v) is 6.58. The molecule has 1 heterocycles. The van der Waals surface area contributed by atoms with Crippen LogP contribution in [0.25, 0.3) is 11.3 Å². The number of benzene rings is 1. The Labute approximate surface area is 115 Å². The number of hydrogen-bond donors (Lipinski definition) is 1. The highest BCUT2D eigenvalue weighted by Gasteiger charge is 2.08. The van der Waals surface area contributed by atoms with Crippen LogP contribution in [0.3, 0.4) is 0 Å². The van der Waals surface area contributed by atoms with Crippen LogP contribution in [-0.2, 0) is 6.54 Å². The van der Waals surface area contributed by atoms with Gasteiger partial charge in [0.15, 0.2) is 0 Å². The van der Waals surface area contributed by atoms with Gasteiger partial charge in [-0.15, -0.1) is 0 Å². The van der Waals surface area contributed by atoms with Gasteiger partial charge >= 0.3 is 0 Å². The lowest BCUT2D eigenvalue weighted by Gasteiger charge is -2.11. The second kappa shape index (κ2) is 5.49. The molecule has 19 heavy (non-hydrogen) atoms. The van der Waals surface area contributed by atoms with E-state index in [0.29, 0.717) is 6.54 Å². The van der Waals surface area contributed by atoms with Crippen molar-refractivity contribution in [2.24, 2.45) is 0 Å². The van der Waals surface area contributed by atoms with Crippen LogP contribution in [0.4, 0.5) is 0 Å². The quantitative estimate of drug-likeness (QED) is 0.915. The van der Waals surface area contributed by atoms with Gasteiger partial charge in [-0.2, -0.15) is 0 Å². The second-order valence-corrected chi connectivity index (χ2v) is 5.09. The maximum atomic E-state index is 4.65. The molecule has 0 saturated heterocycles. The van der Waals surface area contributed by atoms with E-state index in [1.165, 1.54) is 22.3 Å². The van der Waals surface area contributed by atoms with E-state index in [-0.39, 0.29) is 0 Å². The monoisotopic (exact) mass is 255 g/mol. The van der Waals surface area contributed by atoms with E-state index >= 15 is 0 Å². The average Bonchev–Trinajstić information content (AvgIpc) is 2.33. The number of hydrogen-bond acceptors (Lipinski definition) is 3. The first kappa shape index (κ1) is 13.7. The summed E-state index contributed by atoms with van der Waals surface area (Å²) < 4.78 is 0. The molecule has 3 nitrogen and oxygen atoms in total. The summed E-state index contributed by atoms with van der Waals surface area (Å²) in [5, 5.41) is 3.10. The third kappa shape index (κ3) is 2.99. The molecule has 0 fully saturated rings. The third-order valence-corrected chi connectivity index (χ3v) is 3.35. The summed E-state index contributed by atoms with van der Waals surface area (Å²) in [4.78, 5) is 9.10. The van der Waals surface area contributed by atoms with Crippen molar-refractivity contribution in [3.05, 3.63) is 46.4 Å². The van der Waals surface area contributed by atoms with E-state index in [2.05, 4.69) is 54.3 Å². The van der Waals surface area contributed by atoms with Crippen molar-refractivity contribution < 1.29 is 0 Å². The Bertz CT molecular complexity index is 603. The summed E-state index contributed by atoms with van der Waals surface area (Å²) in [6.07, 6.45) is 0. The predicted octanol–water partition coefficient (Wildman–Crippen LogP) is 3.10. The van der Waals surface area contributed by atoms with Crippen LogP contribution in [0.15, 0.2) is 18.2 Å². The fraction of sp³-hybridized carbons (Fsp3) is 0.375. The molecule has 0 saturated carbocycles. The second-order valence-electron chi connectivity index (χ2n) is 5.09. The molecule has 0 aliphatic carbocycles. The van der Waals surface area contributed by atoms with E-state index in [1.54, 1.807) is 0 Å². The zero-order chi connectivity index (χ0) is 14.0. The number of rotatable bonds is 3. The maximum Gasteiger partial charge on any atom is 0.143 e. The lowest BCUT2D eigenvalue weighted by Crippen LogP contribution is -2.10. The molecular formula is C16H21N3. The summed E-state index contributed by atoms with van der Waals surface area (Å²) in [7, 11) is 1.91. The van der Waals surface area contributed by atoms with Crippen LogP contribution in [0.5, 0.6) is 0 Å². The molecule has 0 spiro atoms. The lowest BCUT2D eigenvalue weighted by molar-refractivity contribution is 0.754. The molecule has 0 atom stereocenters. The number of aryl methyl sites for hydroxylation is 4. The molecule has 0 radical (unpaired) electrons. The van der Waals surface area contributed by atoms with Crippen molar-refractivity contribution in [1.82, 2.24) is 15.3 Å². The van der Waals surface area contributed by atoms with E-state index in [0.717, 1.165) is 17.2 Å². The van der Waals surface area contributed by atoms with Crippen LogP contribution in [0, 0.1) is 27.7 Å². The first-order chi connectivity index (χ1) is 9.01. The molecule has 1 aromatic carbocycles. The van der Waals surface area contributed by atoms with Crippen LogP contribution in [0.1, 0.15) is 28.2 Å². The van der Waals surface area contributed by atoms with E-state index < -0.39 is 0 Å². The third-order valence-electron chi connectivity index (χ3n) is 3.35. The van der Waals surface area contributed by atoms with Gasteiger partial charge in [-0.1, -0.05) is 6.07 Å². The molecule has 0 aliphatic heterocycles. The van der Waals surface area contributed by atoms with Gasteiger partial charge in [-0.25, -0.2) is 9.97 Å². The summed E-state index contributed by atoms with van der Waals surface area (Å²) in [5.74, 6) is 0.843. The van der Waals surface area contributed by atoms with Crippen LogP contribution >= 0.6 is 0 Å². The largest absolute Gasteiger partial charge is 0.313 e. The minimum absolute atomic E-state index is 0.693. The van der Waals surface area contributed by atoms with Gasteiger partial charge < -0.3 is 5.32 Å². The molecule has 1 aromatic heterocycles. The standard InChI is InChI=1S/C16H21N3/c1-10-6-12(3)14(7-11(10)2)15-8-13(4)18-16(19-15)9-17-5/h6-8,17H,9H2,1-5H3. The van der Waals surface area contributed by atoms with Crippen molar-refractivity contribution in [2.75, 3.05) is 7.05 Å². The van der Waals surface area contributed by atoms with E-state index in [9.17, 15) is 0 Å². The minimum atomic E-state index is 0.693. The van der Waals surface area contributed by atoms with Gasteiger partial charge in [0.2, 0.25) is 0 Å². The van der Waals surface area contributed by atoms with Crippen LogP contribution < -0.4 is 5.32 Å². The van der Waals surface area contributed by atoms with Gasteiger partial charge in [-0.05, 0) is 63.6 Å². The summed E-state index contributed by atoms with van der Waals surface area (Å²) >= 11 is 0. The van der Waals surface area contributed by atoms with Gasteiger partial charge in [0, 0.05) is 11.3 Å². The molecule has 100 valence electrons. The van der Waals surface area contributed by atoms with Crippen LogP contribution in [-0.4, -0.2) is 17.0 Å². The normalized spacial score (nSPS) is 10.8. The topological polar surface area (TPSA) is 37.8 Å². The summed E-state index contributed by atoms with van der Waals surface area (Å²) in [5.41, 5.74) is 7.10. The van der Waals surface area contributed by atoms with Gasteiger partial charge in [0.05, 0.1) is 12.2 Å². The van der Waals surface area contributed by atoms with Gasteiger partial charge in [0.25, 0.3) is 0 Å². The maximum absolute atomic E-state index is 4.65. The fourth-order valence-corrected chi connectivity index (χ4v) is 2.24. The van der Waals surface area contributed by atoms with Crippen molar-refractivity contribution in [2.45, 2.75) is 34.2 Å². The highest BCUT2D eigenvalue weighted by atomic mass is 15.0. The summed E-state index contributed by atoms with van der Waals surface area (Å²) in [6, 6.07) is 6.49. The number of nitrogens with one attached hydrogen (secondary N) is 1. The number of nitrogens with zero attached hydrogens (tertiary/aromatic N) is 2. The lowest BCUT2D eigenvalue weighted by atomic mass is 9.98. The SMILES string of the molecule is CNCc1nc(C)cc(-c2cc(C)c(C)cc2C)n1. The van der Waals surface area contributed by atoms with Crippen LogP contribution in [0.2, 0.25) is 0 Å². The highest BCUT2D eigenvalue weighted by molar-refractivity contribution is 5.65. The van der Waals surface area contributed by atoms with Crippen molar-refractivity contribution in [3.8, 4) is 11.3 Å². The Morgan fingerprint density at radius 2 is 1.58 bits per heavy atom. The van der Waals surface area contributed by atoms with E-state index in [1.807, 2.05) is 14.0 Å². The molecule has 1 N–H and O–H groups in total. The highest BCUT2D eigenvalue weighted by Crippen LogP contribution is 2.25. The Morgan fingerprint density at radius 3 is 2.26 bits per heavy atom. The Hall–Kier alpha value is -1.74. The molecule has 3 heteroatoms. The molecule has 0 unspecified atom stereocenters. The number of aromatic nitrogens is 2. The fourth-order valence-electron chi connectivity index (χ4n) is 2.24. The smallest absolute Gasteiger partial charge is 0.143 e. The molecule has 0 amide bonds. The van der Waals surface area contributed by atoms with Gasteiger partial charge in [-0.3, -0.25) is 0 Å². The van der Waals surface area contributed by atoms with E-state index in [4.69, 9.17) is 0 Å². The Balaban J connectivity index is 2.55. The van der Waals surface area contributed by atoms with Crippen molar-refractivity contribution in [1.29, 1.82) is 0 Å². The minimum Gasteiger partial charge on any atom is -0.313 e. The molecular weight excluding hydrogens is 234 g/mol. The van der Waals surface area contributed by atoms with Crippen molar-refractivity contribution in [3.63, 3.8) is 0 Å².